The van der Waals surface area contributed by atoms with Crippen LogP contribution < -0.4 is 4.90 Å². The van der Waals surface area contributed by atoms with Crippen LogP contribution in [0.15, 0.2) is 49.6 Å². The van der Waals surface area contributed by atoms with Crippen molar-refractivity contribution in [2.75, 3.05) is 24.7 Å². The molecule has 4 rings (SSSR count). The van der Waals surface area contributed by atoms with Gasteiger partial charge in [0.25, 0.3) is 5.91 Å². The van der Waals surface area contributed by atoms with E-state index in [2.05, 4.69) is 13.2 Å². The molecule has 212 valence electrons. The van der Waals surface area contributed by atoms with Gasteiger partial charge in [-0.15, -0.1) is 6.58 Å². The van der Waals surface area contributed by atoms with Gasteiger partial charge >= 0.3 is 5.97 Å². The molecule has 7 atom stereocenters. The third-order valence-electron chi connectivity index (χ3n) is 8.65. The quantitative estimate of drug-likeness (QED) is 0.326. The van der Waals surface area contributed by atoms with E-state index in [0.29, 0.717) is 23.6 Å². The fourth-order valence-corrected chi connectivity index (χ4v) is 7.11. The Morgan fingerprint density at radius 1 is 1.28 bits per heavy atom. The standard InChI is InChI=1S/C30H39ClN2O6/c1-7-13-32(21-11-9-20(31)10-12-21)27(36)25-30-16-19(5)29(6,39-30)24(28(37)38-14-8-2)23(30)26(35)33(25)22(17-34)15-18(3)4/h7-12,18-19,22-25,34H,1-2,13-17H2,3-6H3/t19?,22-,23+,24-,25?,29+,30?/m1/s1. The van der Waals surface area contributed by atoms with E-state index in [1.807, 2.05) is 27.7 Å². The lowest BCUT2D eigenvalue weighted by Gasteiger charge is -2.40. The molecule has 1 N–H and O–H groups in total. The SMILES string of the molecule is C=CCOC(=O)[C@H]1[C@H]2C(=O)N([C@@H](CO)CC(C)C)C(C(=O)N(CC=C)c3ccc(Cl)cc3)C23CC(C)[C@]1(C)O3. The number of ether oxygens (including phenoxy) is 2. The molecule has 3 aliphatic rings. The molecule has 9 heteroatoms. The van der Waals surface area contributed by atoms with Crippen LogP contribution in [0.3, 0.4) is 0 Å². The number of carbonyl (C=O) groups is 3. The molecule has 2 amide bonds. The maximum Gasteiger partial charge on any atom is 0.313 e. The largest absolute Gasteiger partial charge is 0.461 e. The third-order valence-corrected chi connectivity index (χ3v) is 8.90. The molecule has 2 bridgehead atoms. The zero-order chi connectivity index (χ0) is 28.7. The number of fused-ring (bicyclic) bond motifs is 1. The first-order valence-electron chi connectivity index (χ1n) is 13.5. The number of aliphatic hydroxyl groups is 1. The Balaban J connectivity index is 1.87. The van der Waals surface area contributed by atoms with Crippen molar-refractivity contribution in [3.8, 4) is 0 Å². The summed E-state index contributed by atoms with van der Waals surface area (Å²) in [6.07, 6.45) is 4.00. The molecule has 0 radical (unpaired) electrons. The second kappa shape index (κ2) is 11.1. The number of carbonyl (C=O) groups excluding carboxylic acids is 3. The van der Waals surface area contributed by atoms with Crippen LogP contribution in [0.2, 0.25) is 5.02 Å². The molecular formula is C30H39ClN2O6. The van der Waals surface area contributed by atoms with Gasteiger partial charge in [-0.2, -0.15) is 0 Å². The Morgan fingerprint density at radius 2 is 1.95 bits per heavy atom. The zero-order valence-corrected chi connectivity index (χ0v) is 23.9. The summed E-state index contributed by atoms with van der Waals surface area (Å²) in [4.78, 5) is 45.5. The van der Waals surface area contributed by atoms with Crippen LogP contribution in [0, 0.1) is 23.7 Å². The van der Waals surface area contributed by atoms with Crippen molar-refractivity contribution in [3.63, 3.8) is 0 Å². The van der Waals surface area contributed by atoms with Crippen molar-refractivity contribution < 1.29 is 29.0 Å². The van der Waals surface area contributed by atoms with Gasteiger partial charge in [-0.1, -0.05) is 51.1 Å². The highest BCUT2D eigenvalue weighted by Crippen LogP contribution is 2.65. The number of halogens is 1. The Hall–Kier alpha value is -2.68. The van der Waals surface area contributed by atoms with Crippen molar-refractivity contribution in [1.82, 2.24) is 4.90 Å². The normalized spacial score (nSPS) is 31.8. The van der Waals surface area contributed by atoms with Crippen molar-refractivity contribution in [2.24, 2.45) is 23.7 Å². The number of nitrogens with zero attached hydrogens (tertiary/aromatic N) is 2. The first kappa shape index (κ1) is 29.3. The first-order valence-corrected chi connectivity index (χ1v) is 13.9. The number of benzene rings is 1. The molecule has 3 saturated heterocycles. The maximum atomic E-state index is 14.6. The van der Waals surface area contributed by atoms with Crippen molar-refractivity contribution in [2.45, 2.75) is 63.8 Å². The second-order valence-corrected chi connectivity index (χ2v) is 12.0. The summed E-state index contributed by atoms with van der Waals surface area (Å²) in [5.74, 6) is -3.05. The van der Waals surface area contributed by atoms with Crippen LogP contribution in [0.1, 0.15) is 40.5 Å². The number of amides is 2. The van der Waals surface area contributed by atoms with Crippen LogP contribution >= 0.6 is 11.6 Å². The minimum Gasteiger partial charge on any atom is -0.461 e. The molecule has 39 heavy (non-hydrogen) atoms. The minimum absolute atomic E-state index is 0.00999. The molecule has 3 aliphatic heterocycles. The molecule has 0 aromatic heterocycles. The molecule has 8 nitrogen and oxygen atoms in total. The molecule has 0 saturated carbocycles. The predicted molar refractivity (Wildman–Crippen MR) is 149 cm³/mol. The Labute approximate surface area is 235 Å². The van der Waals surface area contributed by atoms with Gasteiger partial charge in [0, 0.05) is 17.3 Å². The molecule has 1 aromatic carbocycles. The molecule has 0 aliphatic carbocycles. The van der Waals surface area contributed by atoms with Crippen LogP contribution in [0.25, 0.3) is 0 Å². The van der Waals surface area contributed by atoms with Crippen LogP contribution in [0.5, 0.6) is 0 Å². The van der Waals surface area contributed by atoms with E-state index < -0.39 is 41.1 Å². The summed E-state index contributed by atoms with van der Waals surface area (Å²) in [5.41, 5.74) is -1.65. The number of hydrogen-bond donors (Lipinski definition) is 1. The molecule has 3 unspecified atom stereocenters. The van der Waals surface area contributed by atoms with Gasteiger partial charge in [-0.25, -0.2) is 0 Å². The highest BCUT2D eigenvalue weighted by Gasteiger charge is 2.80. The first-order chi connectivity index (χ1) is 18.5. The number of aliphatic hydroxyl groups excluding tert-OH is 1. The topological polar surface area (TPSA) is 96.4 Å². The van der Waals surface area contributed by atoms with Crippen LogP contribution in [-0.2, 0) is 23.9 Å². The van der Waals surface area contributed by atoms with E-state index in [0.717, 1.165) is 0 Å². The second-order valence-electron chi connectivity index (χ2n) is 11.5. The monoisotopic (exact) mass is 558 g/mol. The molecular weight excluding hydrogens is 520 g/mol. The van der Waals surface area contributed by atoms with E-state index in [-0.39, 0.29) is 43.4 Å². The average Bonchev–Trinajstić information content (AvgIpc) is 3.41. The Kier molecular flexibility index (Phi) is 8.31. The van der Waals surface area contributed by atoms with Gasteiger partial charge in [-0.05, 0) is 55.9 Å². The summed E-state index contributed by atoms with van der Waals surface area (Å²) in [5, 5.41) is 11.0. The molecule has 1 spiro atoms. The fourth-order valence-electron chi connectivity index (χ4n) is 6.98. The predicted octanol–water partition coefficient (Wildman–Crippen LogP) is 4.01. The number of likely N-dealkylation sites (tertiary alicyclic amines) is 1. The Morgan fingerprint density at radius 3 is 2.51 bits per heavy atom. The summed E-state index contributed by atoms with van der Waals surface area (Å²) in [6, 6.07) is 5.19. The minimum atomic E-state index is -1.25. The van der Waals surface area contributed by atoms with E-state index in [4.69, 9.17) is 21.1 Å². The van der Waals surface area contributed by atoms with Crippen molar-refractivity contribution in [3.05, 3.63) is 54.6 Å². The lowest BCUT2D eigenvalue weighted by atomic mass is 9.62. The van der Waals surface area contributed by atoms with E-state index in [1.165, 1.54) is 11.0 Å². The average molecular weight is 559 g/mol. The zero-order valence-electron chi connectivity index (χ0n) is 23.1. The number of anilines is 1. The highest BCUT2D eigenvalue weighted by molar-refractivity contribution is 6.30. The van der Waals surface area contributed by atoms with Crippen molar-refractivity contribution in [1.29, 1.82) is 0 Å². The van der Waals surface area contributed by atoms with Gasteiger partial charge < -0.3 is 24.4 Å². The lowest BCUT2D eigenvalue weighted by molar-refractivity contribution is -0.161. The smallest absolute Gasteiger partial charge is 0.313 e. The van der Waals surface area contributed by atoms with E-state index >= 15 is 0 Å². The van der Waals surface area contributed by atoms with E-state index in [1.54, 1.807) is 35.2 Å². The van der Waals surface area contributed by atoms with Gasteiger partial charge in [0.2, 0.25) is 5.91 Å². The molecule has 3 fully saturated rings. The van der Waals surface area contributed by atoms with Gasteiger partial charge in [0.15, 0.2) is 0 Å². The van der Waals surface area contributed by atoms with Gasteiger partial charge in [-0.3, -0.25) is 14.4 Å². The number of esters is 1. The number of rotatable bonds is 11. The Bertz CT molecular complexity index is 1140. The summed E-state index contributed by atoms with van der Waals surface area (Å²) in [7, 11) is 0. The molecule has 1 aromatic rings. The van der Waals surface area contributed by atoms with Crippen molar-refractivity contribution >= 4 is 35.1 Å². The van der Waals surface area contributed by atoms with Gasteiger partial charge in [0.1, 0.15) is 24.2 Å². The fraction of sp³-hybridized carbons (Fsp3) is 0.567. The number of hydrogen-bond acceptors (Lipinski definition) is 6. The summed E-state index contributed by atoms with van der Waals surface area (Å²) in [6.45, 7) is 15.1. The van der Waals surface area contributed by atoms with Gasteiger partial charge in [0.05, 0.1) is 24.2 Å². The summed E-state index contributed by atoms with van der Waals surface area (Å²) >= 11 is 6.11. The summed E-state index contributed by atoms with van der Waals surface area (Å²) < 4.78 is 12.2. The van der Waals surface area contributed by atoms with Crippen LogP contribution in [-0.4, -0.2) is 70.8 Å². The maximum absolute atomic E-state index is 14.6. The molecule has 3 heterocycles. The lowest BCUT2D eigenvalue weighted by Crippen LogP contribution is -2.59. The van der Waals surface area contributed by atoms with E-state index in [9.17, 15) is 19.5 Å². The third kappa shape index (κ3) is 4.70. The van der Waals surface area contributed by atoms with Crippen LogP contribution in [0.4, 0.5) is 5.69 Å². The highest BCUT2D eigenvalue weighted by atomic mass is 35.5.